The van der Waals surface area contributed by atoms with Crippen LogP contribution < -0.4 is 5.73 Å². The SMILES string of the molecule is Cc1cc(F)c(-c2cnnn2-c2ccccc2)cc1N. The largest absolute Gasteiger partial charge is 0.398 e. The Morgan fingerprint density at radius 2 is 1.90 bits per heavy atom. The van der Waals surface area contributed by atoms with Crippen LogP contribution in [0.25, 0.3) is 16.9 Å². The van der Waals surface area contributed by atoms with Crippen LogP contribution in [0, 0.1) is 12.7 Å². The summed E-state index contributed by atoms with van der Waals surface area (Å²) >= 11 is 0. The van der Waals surface area contributed by atoms with Crippen LogP contribution in [-0.4, -0.2) is 15.0 Å². The second-order valence-corrected chi connectivity index (χ2v) is 4.56. The fourth-order valence-electron chi connectivity index (χ4n) is 2.06. The molecule has 0 spiro atoms. The Balaban J connectivity index is 2.18. The first-order valence-corrected chi connectivity index (χ1v) is 6.19. The number of aryl methyl sites for hydroxylation is 1. The third-order valence-corrected chi connectivity index (χ3v) is 3.18. The molecule has 2 aromatic carbocycles. The lowest BCUT2D eigenvalue weighted by atomic mass is 10.1. The quantitative estimate of drug-likeness (QED) is 0.727. The zero-order valence-electron chi connectivity index (χ0n) is 10.9. The number of benzene rings is 2. The molecule has 1 heterocycles. The van der Waals surface area contributed by atoms with E-state index in [9.17, 15) is 4.39 Å². The molecule has 0 saturated carbocycles. The molecule has 4 nitrogen and oxygen atoms in total. The number of anilines is 1. The van der Waals surface area contributed by atoms with E-state index < -0.39 is 0 Å². The molecule has 3 rings (SSSR count). The van der Waals surface area contributed by atoms with Crippen molar-refractivity contribution in [2.45, 2.75) is 6.92 Å². The highest BCUT2D eigenvalue weighted by Gasteiger charge is 2.14. The van der Waals surface area contributed by atoms with Crippen LogP contribution in [0.5, 0.6) is 0 Å². The normalized spacial score (nSPS) is 10.7. The summed E-state index contributed by atoms with van der Waals surface area (Å²) in [7, 11) is 0. The van der Waals surface area contributed by atoms with Crippen LogP contribution in [-0.2, 0) is 0 Å². The molecule has 3 aromatic rings. The van der Waals surface area contributed by atoms with E-state index in [4.69, 9.17) is 5.73 Å². The molecular weight excluding hydrogens is 255 g/mol. The number of nitrogens with zero attached hydrogens (tertiary/aromatic N) is 3. The van der Waals surface area contributed by atoms with Crippen LogP contribution in [0.4, 0.5) is 10.1 Å². The van der Waals surface area contributed by atoms with Gasteiger partial charge in [0.25, 0.3) is 0 Å². The van der Waals surface area contributed by atoms with E-state index in [1.807, 2.05) is 30.3 Å². The minimum absolute atomic E-state index is 0.337. The van der Waals surface area contributed by atoms with Gasteiger partial charge >= 0.3 is 0 Å². The van der Waals surface area contributed by atoms with E-state index in [-0.39, 0.29) is 5.82 Å². The second kappa shape index (κ2) is 4.77. The highest BCUT2D eigenvalue weighted by atomic mass is 19.1. The third kappa shape index (κ3) is 2.03. The van der Waals surface area contributed by atoms with Gasteiger partial charge in [-0.05, 0) is 36.8 Å². The Morgan fingerprint density at radius 3 is 2.65 bits per heavy atom. The molecule has 2 N–H and O–H groups in total. The molecule has 0 saturated heterocycles. The summed E-state index contributed by atoms with van der Waals surface area (Å²) in [5.74, 6) is -0.337. The first-order valence-electron chi connectivity index (χ1n) is 6.19. The number of nitrogen functional groups attached to an aromatic ring is 1. The van der Waals surface area contributed by atoms with Gasteiger partial charge in [-0.3, -0.25) is 0 Å². The third-order valence-electron chi connectivity index (χ3n) is 3.18. The zero-order valence-corrected chi connectivity index (χ0v) is 10.9. The molecule has 20 heavy (non-hydrogen) atoms. The Hall–Kier alpha value is -2.69. The van der Waals surface area contributed by atoms with Crippen LogP contribution >= 0.6 is 0 Å². The van der Waals surface area contributed by atoms with Crippen molar-refractivity contribution in [1.29, 1.82) is 0 Å². The van der Waals surface area contributed by atoms with Crippen LogP contribution in [0.1, 0.15) is 5.56 Å². The number of rotatable bonds is 2. The average molecular weight is 268 g/mol. The first kappa shape index (κ1) is 12.3. The van der Waals surface area contributed by atoms with Gasteiger partial charge in [0.1, 0.15) is 5.82 Å². The van der Waals surface area contributed by atoms with Crippen molar-refractivity contribution < 1.29 is 4.39 Å². The smallest absolute Gasteiger partial charge is 0.133 e. The summed E-state index contributed by atoms with van der Waals surface area (Å²) in [6.45, 7) is 1.77. The molecule has 0 aliphatic heterocycles. The predicted octanol–water partition coefficient (Wildman–Crippen LogP) is 2.96. The average Bonchev–Trinajstić information content (AvgIpc) is 2.93. The summed E-state index contributed by atoms with van der Waals surface area (Å²) in [6.07, 6.45) is 1.53. The molecule has 0 atom stereocenters. The monoisotopic (exact) mass is 268 g/mol. The Bertz CT molecular complexity index is 750. The number of hydrogen-bond acceptors (Lipinski definition) is 3. The highest BCUT2D eigenvalue weighted by molar-refractivity contribution is 5.67. The van der Waals surface area contributed by atoms with Crippen molar-refractivity contribution in [1.82, 2.24) is 15.0 Å². The Kier molecular flexibility index (Phi) is 2.95. The van der Waals surface area contributed by atoms with Gasteiger partial charge in [0.2, 0.25) is 0 Å². The van der Waals surface area contributed by atoms with Crippen LogP contribution in [0.2, 0.25) is 0 Å². The van der Waals surface area contributed by atoms with Crippen molar-refractivity contribution in [3.8, 4) is 16.9 Å². The summed E-state index contributed by atoms with van der Waals surface area (Å²) in [5, 5.41) is 7.89. The van der Waals surface area contributed by atoms with Gasteiger partial charge in [-0.25, -0.2) is 9.07 Å². The van der Waals surface area contributed by atoms with Crippen molar-refractivity contribution >= 4 is 5.69 Å². The molecule has 5 heteroatoms. The lowest BCUT2D eigenvalue weighted by Gasteiger charge is -2.09. The minimum Gasteiger partial charge on any atom is -0.398 e. The fourth-order valence-corrected chi connectivity index (χ4v) is 2.06. The van der Waals surface area contributed by atoms with Gasteiger partial charge in [-0.1, -0.05) is 23.4 Å². The maximum Gasteiger partial charge on any atom is 0.133 e. The summed E-state index contributed by atoms with van der Waals surface area (Å²) in [4.78, 5) is 0. The first-order chi connectivity index (χ1) is 9.66. The molecule has 0 unspecified atom stereocenters. The Morgan fingerprint density at radius 1 is 1.15 bits per heavy atom. The predicted molar refractivity (Wildman–Crippen MR) is 75.9 cm³/mol. The van der Waals surface area contributed by atoms with Crippen molar-refractivity contribution in [3.63, 3.8) is 0 Å². The molecule has 0 aliphatic rings. The summed E-state index contributed by atoms with van der Waals surface area (Å²) in [6, 6.07) is 12.5. The maximum atomic E-state index is 14.2. The standard InChI is InChI=1S/C15H13FN4/c1-10-7-13(16)12(8-14(10)17)15-9-18-19-20(15)11-5-3-2-4-6-11/h2-9H,17H2,1H3. The van der Waals surface area contributed by atoms with Crippen LogP contribution in [0.15, 0.2) is 48.7 Å². The topological polar surface area (TPSA) is 56.7 Å². The second-order valence-electron chi connectivity index (χ2n) is 4.56. The minimum atomic E-state index is -0.337. The zero-order chi connectivity index (χ0) is 14.1. The lowest BCUT2D eigenvalue weighted by Crippen LogP contribution is -2.01. The van der Waals surface area contributed by atoms with E-state index in [0.29, 0.717) is 22.5 Å². The molecule has 0 aliphatic carbocycles. The number of nitrogens with two attached hydrogens (primary N) is 1. The molecule has 1 aromatic heterocycles. The van der Waals surface area contributed by atoms with Crippen LogP contribution in [0.3, 0.4) is 0 Å². The highest BCUT2D eigenvalue weighted by Crippen LogP contribution is 2.28. The van der Waals surface area contributed by atoms with E-state index in [2.05, 4.69) is 10.3 Å². The number of aromatic nitrogens is 3. The van der Waals surface area contributed by atoms with E-state index in [1.165, 1.54) is 12.3 Å². The summed E-state index contributed by atoms with van der Waals surface area (Å²) < 4.78 is 15.8. The molecular formula is C15H13FN4. The number of halogens is 1. The molecule has 0 bridgehead atoms. The lowest BCUT2D eigenvalue weighted by molar-refractivity contribution is 0.628. The van der Waals surface area contributed by atoms with Gasteiger partial charge in [0.15, 0.2) is 0 Å². The van der Waals surface area contributed by atoms with Gasteiger partial charge in [-0.15, -0.1) is 5.10 Å². The summed E-state index contributed by atoms with van der Waals surface area (Å²) in [5.41, 5.74) is 8.90. The van der Waals surface area contributed by atoms with Gasteiger partial charge in [0, 0.05) is 11.3 Å². The fraction of sp³-hybridized carbons (Fsp3) is 0.0667. The van der Waals surface area contributed by atoms with Gasteiger partial charge < -0.3 is 5.73 Å². The van der Waals surface area contributed by atoms with Gasteiger partial charge in [-0.2, -0.15) is 0 Å². The molecule has 0 amide bonds. The molecule has 0 radical (unpaired) electrons. The van der Waals surface area contributed by atoms with Gasteiger partial charge in [0.05, 0.1) is 17.6 Å². The molecule has 100 valence electrons. The van der Waals surface area contributed by atoms with E-state index >= 15 is 0 Å². The number of para-hydroxylation sites is 1. The Labute approximate surface area is 115 Å². The number of hydrogen-bond donors (Lipinski definition) is 1. The van der Waals surface area contributed by atoms with Crippen molar-refractivity contribution in [2.24, 2.45) is 0 Å². The van der Waals surface area contributed by atoms with Crippen molar-refractivity contribution in [3.05, 3.63) is 60.0 Å². The van der Waals surface area contributed by atoms with Crippen molar-refractivity contribution in [2.75, 3.05) is 5.73 Å². The maximum absolute atomic E-state index is 14.2. The van der Waals surface area contributed by atoms with E-state index in [0.717, 1.165) is 5.69 Å². The molecule has 0 fully saturated rings. The van der Waals surface area contributed by atoms with E-state index in [1.54, 1.807) is 17.7 Å².